The van der Waals surface area contributed by atoms with Crippen LogP contribution in [0.1, 0.15) is 16.8 Å². The number of amides is 1. The highest BCUT2D eigenvalue weighted by Crippen LogP contribution is 2.34. The summed E-state index contributed by atoms with van der Waals surface area (Å²) in [6.45, 7) is 0.0319. The van der Waals surface area contributed by atoms with Crippen molar-refractivity contribution in [3.05, 3.63) is 59.6 Å². The van der Waals surface area contributed by atoms with Crippen LogP contribution >= 0.6 is 23.1 Å². The molecule has 0 unspecified atom stereocenters. The molecule has 0 radical (unpaired) electrons. The van der Waals surface area contributed by atoms with Crippen LogP contribution in [0.5, 0.6) is 0 Å². The number of carbonyl (C=O) groups excluding carboxylic acids is 1. The lowest BCUT2D eigenvalue weighted by molar-refractivity contribution is 0.102. The third-order valence-electron chi connectivity index (χ3n) is 3.63. The van der Waals surface area contributed by atoms with E-state index in [-0.39, 0.29) is 23.8 Å². The molecule has 0 atom stereocenters. The summed E-state index contributed by atoms with van der Waals surface area (Å²) >= 11 is 2.79. The van der Waals surface area contributed by atoms with Crippen LogP contribution in [0.2, 0.25) is 0 Å². The van der Waals surface area contributed by atoms with Crippen molar-refractivity contribution in [3.63, 3.8) is 0 Å². The minimum Gasteiger partial charge on any atom is -0.321 e. The SMILES string of the molecule is N#CCCNS(=O)(=O)c1ccc(C(=O)Nc2ccccc2Sc2nncs2)cc1. The molecule has 0 fully saturated rings. The Morgan fingerprint density at radius 3 is 2.62 bits per heavy atom. The lowest BCUT2D eigenvalue weighted by Crippen LogP contribution is -2.24. The first-order valence-electron chi connectivity index (χ1n) is 8.31. The van der Waals surface area contributed by atoms with E-state index in [0.717, 1.165) is 9.24 Å². The summed E-state index contributed by atoms with van der Waals surface area (Å²) in [6, 6.07) is 14.8. The highest BCUT2D eigenvalue weighted by atomic mass is 32.2. The van der Waals surface area contributed by atoms with E-state index in [2.05, 4.69) is 20.2 Å². The summed E-state index contributed by atoms with van der Waals surface area (Å²) in [5.41, 5.74) is 2.57. The smallest absolute Gasteiger partial charge is 0.255 e. The number of anilines is 1. The van der Waals surface area contributed by atoms with E-state index in [1.807, 2.05) is 24.3 Å². The van der Waals surface area contributed by atoms with E-state index >= 15 is 0 Å². The lowest BCUT2D eigenvalue weighted by Gasteiger charge is -2.10. The van der Waals surface area contributed by atoms with Gasteiger partial charge in [-0.1, -0.05) is 35.2 Å². The first-order chi connectivity index (χ1) is 14.0. The average Bonchev–Trinajstić information content (AvgIpc) is 3.23. The van der Waals surface area contributed by atoms with Gasteiger partial charge < -0.3 is 5.32 Å². The summed E-state index contributed by atoms with van der Waals surface area (Å²) in [4.78, 5) is 13.4. The fraction of sp³-hybridized carbons (Fsp3) is 0.111. The molecular formula is C18H15N5O3S3. The highest BCUT2D eigenvalue weighted by Gasteiger charge is 2.15. The van der Waals surface area contributed by atoms with Crippen molar-refractivity contribution in [1.29, 1.82) is 5.26 Å². The molecule has 1 heterocycles. The molecule has 1 aromatic heterocycles. The number of benzene rings is 2. The van der Waals surface area contributed by atoms with Crippen molar-refractivity contribution < 1.29 is 13.2 Å². The topological polar surface area (TPSA) is 125 Å². The van der Waals surface area contributed by atoms with Gasteiger partial charge in [-0.3, -0.25) is 4.79 Å². The van der Waals surface area contributed by atoms with Crippen LogP contribution in [-0.4, -0.2) is 31.1 Å². The van der Waals surface area contributed by atoms with Gasteiger partial charge in [0.1, 0.15) is 5.51 Å². The maximum absolute atomic E-state index is 12.6. The van der Waals surface area contributed by atoms with Crippen LogP contribution in [0, 0.1) is 11.3 Å². The summed E-state index contributed by atoms with van der Waals surface area (Å²) in [5, 5.41) is 19.1. The van der Waals surface area contributed by atoms with E-state index in [4.69, 9.17) is 5.26 Å². The predicted molar refractivity (Wildman–Crippen MR) is 110 cm³/mol. The molecule has 2 aromatic carbocycles. The molecule has 0 aliphatic carbocycles. The van der Waals surface area contributed by atoms with Crippen LogP contribution in [-0.2, 0) is 10.0 Å². The summed E-state index contributed by atoms with van der Waals surface area (Å²) in [7, 11) is -3.72. The average molecular weight is 446 g/mol. The molecule has 3 rings (SSSR count). The summed E-state index contributed by atoms with van der Waals surface area (Å²) < 4.78 is 27.4. The van der Waals surface area contributed by atoms with Crippen LogP contribution in [0.25, 0.3) is 0 Å². The van der Waals surface area contributed by atoms with E-state index in [0.29, 0.717) is 11.3 Å². The molecular weight excluding hydrogens is 430 g/mol. The van der Waals surface area contributed by atoms with Crippen LogP contribution in [0.15, 0.2) is 68.2 Å². The molecule has 0 saturated carbocycles. The lowest BCUT2D eigenvalue weighted by atomic mass is 10.2. The second-order valence-corrected chi connectivity index (χ2v) is 9.48. The number of sulfonamides is 1. The molecule has 0 spiro atoms. The molecule has 2 N–H and O–H groups in total. The molecule has 3 aromatic rings. The number of hydrogen-bond donors (Lipinski definition) is 2. The Morgan fingerprint density at radius 2 is 1.93 bits per heavy atom. The van der Waals surface area contributed by atoms with Crippen molar-refractivity contribution in [2.24, 2.45) is 0 Å². The van der Waals surface area contributed by atoms with Crippen molar-refractivity contribution in [1.82, 2.24) is 14.9 Å². The number of carbonyl (C=O) groups is 1. The van der Waals surface area contributed by atoms with E-state index in [1.54, 1.807) is 11.6 Å². The van der Waals surface area contributed by atoms with Gasteiger partial charge in [-0.15, -0.1) is 10.2 Å². The zero-order chi connectivity index (χ0) is 20.7. The van der Waals surface area contributed by atoms with Gasteiger partial charge in [0.25, 0.3) is 5.91 Å². The molecule has 1 amide bonds. The van der Waals surface area contributed by atoms with Crippen LogP contribution in [0.3, 0.4) is 0 Å². The maximum Gasteiger partial charge on any atom is 0.255 e. The van der Waals surface area contributed by atoms with Crippen molar-refractivity contribution in [2.45, 2.75) is 20.6 Å². The normalized spacial score (nSPS) is 11.0. The van der Waals surface area contributed by atoms with Gasteiger partial charge in [-0.25, -0.2) is 13.1 Å². The standard InChI is InChI=1S/C18H15N5O3S3/c19-10-3-11-21-29(25,26)14-8-6-13(7-9-14)17(24)22-15-4-1-2-5-16(15)28-18-23-20-12-27-18/h1-2,4-9,12,21H,3,11H2,(H,22,24). The minimum absolute atomic E-state index is 0.0271. The number of nitrogens with zero attached hydrogens (tertiary/aromatic N) is 3. The molecule has 0 aliphatic rings. The Kier molecular flexibility index (Phi) is 6.95. The van der Waals surface area contributed by atoms with E-state index in [1.165, 1.54) is 47.4 Å². The Labute approximate surface area is 176 Å². The van der Waals surface area contributed by atoms with E-state index in [9.17, 15) is 13.2 Å². The zero-order valence-electron chi connectivity index (χ0n) is 14.9. The number of aromatic nitrogens is 2. The van der Waals surface area contributed by atoms with Gasteiger partial charge >= 0.3 is 0 Å². The monoisotopic (exact) mass is 445 g/mol. The molecule has 0 aliphatic heterocycles. The predicted octanol–water partition coefficient (Wildman–Crippen LogP) is 3.13. The fourth-order valence-corrected chi connectivity index (χ4v) is 4.82. The van der Waals surface area contributed by atoms with E-state index < -0.39 is 10.0 Å². The number of nitriles is 1. The summed E-state index contributed by atoms with van der Waals surface area (Å²) in [5.74, 6) is -0.364. The third kappa shape index (κ3) is 5.61. The van der Waals surface area contributed by atoms with Crippen molar-refractivity contribution in [2.75, 3.05) is 11.9 Å². The highest BCUT2D eigenvalue weighted by molar-refractivity contribution is 8.01. The molecule has 11 heteroatoms. The molecule has 8 nitrogen and oxygen atoms in total. The Bertz CT molecular complexity index is 1120. The largest absolute Gasteiger partial charge is 0.321 e. The van der Waals surface area contributed by atoms with Gasteiger partial charge in [0, 0.05) is 23.4 Å². The van der Waals surface area contributed by atoms with Crippen molar-refractivity contribution >= 4 is 44.7 Å². The van der Waals surface area contributed by atoms with Gasteiger partial charge in [0.15, 0.2) is 4.34 Å². The second kappa shape index (κ2) is 9.62. The molecule has 0 saturated heterocycles. The zero-order valence-corrected chi connectivity index (χ0v) is 17.4. The number of hydrogen-bond acceptors (Lipinski definition) is 8. The Balaban J connectivity index is 1.71. The molecule has 0 bridgehead atoms. The summed E-state index contributed by atoms with van der Waals surface area (Å²) in [6.07, 6.45) is 0.0776. The van der Waals surface area contributed by atoms with Gasteiger partial charge in [0.2, 0.25) is 10.0 Å². The van der Waals surface area contributed by atoms with Crippen LogP contribution in [0.4, 0.5) is 5.69 Å². The number of nitrogens with one attached hydrogen (secondary N) is 2. The number of para-hydroxylation sites is 1. The maximum atomic E-state index is 12.6. The first-order valence-corrected chi connectivity index (χ1v) is 11.5. The quantitative estimate of drug-likeness (QED) is 0.510. The van der Waals surface area contributed by atoms with Gasteiger partial charge in [-0.05, 0) is 36.4 Å². The van der Waals surface area contributed by atoms with Gasteiger partial charge in [0.05, 0.1) is 16.7 Å². The van der Waals surface area contributed by atoms with Crippen LogP contribution < -0.4 is 10.0 Å². The molecule has 148 valence electrons. The fourth-order valence-electron chi connectivity index (χ4n) is 2.26. The Morgan fingerprint density at radius 1 is 1.17 bits per heavy atom. The minimum atomic E-state index is -3.72. The van der Waals surface area contributed by atoms with Gasteiger partial charge in [-0.2, -0.15) is 5.26 Å². The Hall–Kier alpha value is -2.78. The third-order valence-corrected chi connectivity index (χ3v) is 6.96. The first kappa shape index (κ1) is 20.9. The second-order valence-electron chi connectivity index (χ2n) is 5.59. The molecule has 29 heavy (non-hydrogen) atoms. The number of rotatable bonds is 8. The van der Waals surface area contributed by atoms with Crippen molar-refractivity contribution in [3.8, 4) is 6.07 Å².